The van der Waals surface area contributed by atoms with Gasteiger partial charge in [-0.15, -0.1) is 16.4 Å². The zero-order valence-electron chi connectivity index (χ0n) is 11.9. The van der Waals surface area contributed by atoms with Crippen LogP contribution in [0.2, 0.25) is 0 Å². The van der Waals surface area contributed by atoms with Crippen LogP contribution in [0.25, 0.3) is 10.7 Å². The second-order valence-corrected chi connectivity index (χ2v) is 6.50. The third kappa shape index (κ3) is 2.77. The van der Waals surface area contributed by atoms with Crippen molar-refractivity contribution in [2.45, 2.75) is 10.9 Å². The number of H-pyrrole nitrogens is 1. The number of thioether (sulfide) groups is 1. The number of thiophene rings is 1. The summed E-state index contributed by atoms with van der Waals surface area (Å²) in [7, 11) is 3.11. The van der Waals surface area contributed by atoms with Crippen molar-refractivity contribution in [3.8, 4) is 10.7 Å². The van der Waals surface area contributed by atoms with Crippen molar-refractivity contribution < 1.29 is 0 Å². The molecule has 0 fully saturated rings. The van der Waals surface area contributed by atoms with Crippen LogP contribution in [0.3, 0.4) is 0 Å². The Bertz CT molecular complexity index is 907. The molecule has 7 nitrogen and oxygen atoms in total. The van der Waals surface area contributed by atoms with E-state index in [1.165, 1.54) is 29.4 Å². The molecule has 0 radical (unpaired) electrons. The highest BCUT2D eigenvalue weighted by Crippen LogP contribution is 2.24. The van der Waals surface area contributed by atoms with Crippen LogP contribution in [0, 0.1) is 0 Å². The maximum atomic E-state index is 11.9. The number of nitrogens with one attached hydrogen (secondary N) is 1. The second kappa shape index (κ2) is 5.93. The molecule has 0 amide bonds. The molecule has 0 aliphatic carbocycles. The molecule has 0 unspecified atom stereocenters. The third-order valence-electron chi connectivity index (χ3n) is 3.19. The Labute approximate surface area is 133 Å². The van der Waals surface area contributed by atoms with Gasteiger partial charge in [0.1, 0.15) is 0 Å². The van der Waals surface area contributed by atoms with Crippen LogP contribution in [-0.4, -0.2) is 24.3 Å². The average Bonchev–Trinajstić information content (AvgIpc) is 3.18. The van der Waals surface area contributed by atoms with Gasteiger partial charge in [-0.1, -0.05) is 17.8 Å². The minimum absolute atomic E-state index is 0.312. The first kappa shape index (κ1) is 14.8. The van der Waals surface area contributed by atoms with E-state index >= 15 is 0 Å². The molecule has 3 heterocycles. The van der Waals surface area contributed by atoms with Gasteiger partial charge in [-0.25, -0.2) is 9.78 Å². The van der Waals surface area contributed by atoms with E-state index in [9.17, 15) is 9.59 Å². The summed E-state index contributed by atoms with van der Waals surface area (Å²) in [6.07, 6.45) is 0. The van der Waals surface area contributed by atoms with Crippen LogP contribution in [-0.2, 0) is 19.8 Å². The van der Waals surface area contributed by atoms with E-state index in [1.54, 1.807) is 18.4 Å². The van der Waals surface area contributed by atoms with Gasteiger partial charge >= 0.3 is 5.69 Å². The van der Waals surface area contributed by atoms with Crippen LogP contribution < -0.4 is 11.2 Å². The van der Waals surface area contributed by atoms with E-state index < -0.39 is 0 Å². The maximum absolute atomic E-state index is 11.9. The number of rotatable bonds is 4. The SMILES string of the molecule is Cn1c(CSc2n[nH]c(-c3cccs3)n2)cc(=O)n(C)c1=O. The van der Waals surface area contributed by atoms with Crippen molar-refractivity contribution in [1.29, 1.82) is 0 Å². The van der Waals surface area contributed by atoms with E-state index in [4.69, 9.17) is 0 Å². The Balaban J connectivity index is 1.79. The van der Waals surface area contributed by atoms with Gasteiger partial charge in [-0.05, 0) is 11.4 Å². The number of aromatic nitrogens is 5. The molecule has 0 atom stereocenters. The van der Waals surface area contributed by atoms with Gasteiger partial charge in [0.05, 0.1) is 4.88 Å². The second-order valence-electron chi connectivity index (χ2n) is 4.61. The molecule has 114 valence electrons. The monoisotopic (exact) mass is 335 g/mol. The van der Waals surface area contributed by atoms with Crippen LogP contribution in [0.4, 0.5) is 0 Å². The Hall–Kier alpha value is -2.13. The number of hydrogen-bond acceptors (Lipinski definition) is 6. The Morgan fingerprint density at radius 1 is 1.32 bits per heavy atom. The normalized spacial score (nSPS) is 11.0. The van der Waals surface area contributed by atoms with Crippen LogP contribution in [0.15, 0.2) is 38.3 Å². The van der Waals surface area contributed by atoms with E-state index in [0.29, 0.717) is 16.6 Å². The molecule has 0 aliphatic rings. The summed E-state index contributed by atoms with van der Waals surface area (Å²) < 4.78 is 2.54. The van der Waals surface area contributed by atoms with Crippen molar-refractivity contribution in [3.05, 3.63) is 50.1 Å². The fourth-order valence-corrected chi connectivity index (χ4v) is 3.37. The van der Waals surface area contributed by atoms with Crippen LogP contribution in [0.1, 0.15) is 5.69 Å². The smallest absolute Gasteiger partial charge is 0.300 e. The Kier molecular flexibility index (Phi) is 3.99. The fraction of sp³-hybridized carbons (Fsp3) is 0.231. The van der Waals surface area contributed by atoms with E-state index in [2.05, 4.69) is 15.2 Å². The average molecular weight is 335 g/mol. The molecule has 3 aromatic heterocycles. The van der Waals surface area contributed by atoms with Crippen LogP contribution >= 0.6 is 23.1 Å². The van der Waals surface area contributed by atoms with Crippen LogP contribution in [0.5, 0.6) is 0 Å². The summed E-state index contributed by atoms with van der Waals surface area (Å²) in [6, 6.07) is 5.37. The van der Waals surface area contributed by atoms with Gasteiger partial charge in [0, 0.05) is 31.6 Å². The molecule has 22 heavy (non-hydrogen) atoms. The van der Waals surface area contributed by atoms with E-state index in [1.807, 2.05) is 17.5 Å². The predicted octanol–water partition coefficient (Wildman–Crippen LogP) is 1.22. The lowest BCUT2D eigenvalue weighted by Gasteiger charge is -2.07. The minimum atomic E-state index is -0.336. The number of nitrogens with zero attached hydrogens (tertiary/aromatic N) is 4. The summed E-state index contributed by atoms with van der Waals surface area (Å²) >= 11 is 2.95. The molecule has 3 aromatic rings. The molecule has 3 rings (SSSR count). The molecule has 1 N–H and O–H groups in total. The summed E-state index contributed by atoms with van der Waals surface area (Å²) in [5.41, 5.74) is -0.00843. The van der Waals surface area contributed by atoms with Gasteiger partial charge in [0.15, 0.2) is 5.82 Å². The fourth-order valence-electron chi connectivity index (χ4n) is 1.89. The Morgan fingerprint density at radius 3 is 2.86 bits per heavy atom. The van der Waals surface area contributed by atoms with Gasteiger partial charge < -0.3 is 0 Å². The molecule has 0 saturated heterocycles. The molecule has 0 aliphatic heterocycles. The molecule has 0 saturated carbocycles. The van der Waals surface area contributed by atoms with Crippen molar-refractivity contribution in [2.24, 2.45) is 14.1 Å². The van der Waals surface area contributed by atoms with Crippen molar-refractivity contribution in [2.75, 3.05) is 0 Å². The van der Waals surface area contributed by atoms with Crippen molar-refractivity contribution in [1.82, 2.24) is 24.3 Å². The highest BCUT2D eigenvalue weighted by atomic mass is 32.2. The maximum Gasteiger partial charge on any atom is 0.330 e. The highest BCUT2D eigenvalue weighted by Gasteiger charge is 2.10. The van der Waals surface area contributed by atoms with E-state index in [-0.39, 0.29) is 11.2 Å². The minimum Gasteiger partial charge on any atom is -0.300 e. The van der Waals surface area contributed by atoms with Gasteiger partial charge in [-0.3, -0.25) is 19.0 Å². The zero-order valence-corrected chi connectivity index (χ0v) is 13.6. The first-order valence-corrected chi connectivity index (χ1v) is 8.28. The lowest BCUT2D eigenvalue weighted by atomic mass is 10.4. The zero-order chi connectivity index (χ0) is 15.7. The van der Waals surface area contributed by atoms with Gasteiger partial charge in [0.2, 0.25) is 5.16 Å². The standard InChI is InChI=1S/C13H13N5O2S2/c1-17-8(6-10(19)18(2)13(17)20)7-22-12-14-11(15-16-12)9-4-3-5-21-9/h3-6H,7H2,1-2H3,(H,14,15,16). The highest BCUT2D eigenvalue weighted by molar-refractivity contribution is 7.98. The molecule has 9 heteroatoms. The molecule has 0 aromatic carbocycles. The summed E-state index contributed by atoms with van der Waals surface area (Å²) in [5, 5.41) is 9.58. The lowest BCUT2D eigenvalue weighted by molar-refractivity contribution is 0.665. The predicted molar refractivity (Wildman–Crippen MR) is 86.2 cm³/mol. The quantitative estimate of drug-likeness (QED) is 0.725. The summed E-state index contributed by atoms with van der Waals surface area (Å²) in [6.45, 7) is 0. The third-order valence-corrected chi connectivity index (χ3v) is 4.95. The molecule has 0 spiro atoms. The van der Waals surface area contributed by atoms with Gasteiger partial charge in [0.25, 0.3) is 5.56 Å². The lowest BCUT2D eigenvalue weighted by Crippen LogP contribution is -2.37. The first-order chi connectivity index (χ1) is 10.6. The van der Waals surface area contributed by atoms with E-state index in [0.717, 1.165) is 15.3 Å². The number of aromatic amines is 1. The topological polar surface area (TPSA) is 85.6 Å². The first-order valence-electron chi connectivity index (χ1n) is 6.41. The number of hydrogen-bond donors (Lipinski definition) is 1. The molecular formula is C13H13N5O2S2. The molecular weight excluding hydrogens is 322 g/mol. The van der Waals surface area contributed by atoms with Crippen molar-refractivity contribution >= 4 is 23.1 Å². The summed E-state index contributed by atoms with van der Waals surface area (Å²) in [5.74, 6) is 1.17. The van der Waals surface area contributed by atoms with Crippen molar-refractivity contribution in [3.63, 3.8) is 0 Å². The largest absolute Gasteiger partial charge is 0.330 e. The Morgan fingerprint density at radius 2 is 2.14 bits per heavy atom. The van der Waals surface area contributed by atoms with Gasteiger partial charge in [-0.2, -0.15) is 0 Å². The molecule has 0 bridgehead atoms. The summed E-state index contributed by atoms with van der Waals surface area (Å²) in [4.78, 5) is 29.0.